The van der Waals surface area contributed by atoms with Gasteiger partial charge >= 0.3 is 23.9 Å². The number of ether oxygens (including phenoxy) is 3. The maximum atomic E-state index is 13.8. The van der Waals surface area contributed by atoms with Crippen LogP contribution in [0.4, 0.5) is 0 Å². The monoisotopic (exact) mass is 683 g/mol. The topological polar surface area (TPSA) is 137 Å². The van der Waals surface area contributed by atoms with Gasteiger partial charge in [-0.2, -0.15) is 0 Å². The molecule has 0 radical (unpaired) electrons. The summed E-state index contributed by atoms with van der Waals surface area (Å²) in [5, 5.41) is 9.91. The molecule has 0 spiro atoms. The minimum atomic E-state index is -1.69. The second-order valence-corrected chi connectivity index (χ2v) is 13.2. The molecule has 0 rings (SSSR count). The zero-order chi connectivity index (χ0) is 35.9. The molecular formula is C38H69NO9. The molecule has 0 bridgehead atoms. The SMILES string of the molecule is CCCCCCCC(=O)OCC(COC(=O)CCCCCCC)(COC(=O)CCCCCCC)N(CC(=O)O)C(=O)CCCCCCC. The Kier molecular flexibility index (Phi) is 28.7. The average Bonchev–Trinajstić information content (AvgIpc) is 3.06. The molecule has 1 amide bonds. The van der Waals surface area contributed by atoms with E-state index in [0.717, 1.165) is 108 Å². The molecule has 0 atom stereocenters. The predicted octanol–water partition coefficient (Wildman–Crippen LogP) is 8.71. The van der Waals surface area contributed by atoms with Gasteiger partial charge in [0.2, 0.25) is 5.91 Å². The highest BCUT2D eigenvalue weighted by Crippen LogP contribution is 2.23. The number of aliphatic carboxylic acids is 1. The molecule has 0 unspecified atom stereocenters. The Morgan fingerprint density at radius 2 is 0.750 bits per heavy atom. The largest absolute Gasteiger partial charge is 0.480 e. The number of amides is 1. The average molecular weight is 684 g/mol. The van der Waals surface area contributed by atoms with E-state index < -0.39 is 61.7 Å². The summed E-state index contributed by atoms with van der Waals surface area (Å²) in [6, 6.07) is 0. The van der Waals surface area contributed by atoms with Crippen molar-refractivity contribution in [3.8, 4) is 0 Å². The molecule has 0 fully saturated rings. The van der Waals surface area contributed by atoms with Crippen LogP contribution in [0, 0.1) is 0 Å². The van der Waals surface area contributed by atoms with E-state index in [1.165, 1.54) is 0 Å². The van der Waals surface area contributed by atoms with Crippen LogP contribution in [-0.2, 0) is 38.2 Å². The number of hydrogen-bond donors (Lipinski definition) is 1. The number of nitrogens with zero attached hydrogens (tertiary/aromatic N) is 1. The number of carbonyl (C=O) groups is 5. The lowest BCUT2D eigenvalue weighted by Gasteiger charge is -2.41. The number of rotatable bonds is 33. The summed E-state index contributed by atoms with van der Waals surface area (Å²) >= 11 is 0. The van der Waals surface area contributed by atoms with Crippen molar-refractivity contribution < 1.29 is 43.3 Å². The molecule has 1 N–H and O–H groups in total. The summed E-state index contributed by atoms with van der Waals surface area (Å²) in [5.41, 5.74) is -1.69. The highest BCUT2D eigenvalue weighted by molar-refractivity contribution is 5.82. The number of carboxylic acids is 1. The van der Waals surface area contributed by atoms with E-state index in [-0.39, 0.29) is 25.7 Å². The summed E-state index contributed by atoms with van der Waals surface area (Å²) < 4.78 is 17.1. The van der Waals surface area contributed by atoms with E-state index >= 15 is 0 Å². The molecule has 48 heavy (non-hydrogen) atoms. The molecule has 0 aliphatic heterocycles. The Morgan fingerprint density at radius 3 is 1.04 bits per heavy atom. The molecule has 0 aromatic carbocycles. The van der Waals surface area contributed by atoms with E-state index in [0.29, 0.717) is 25.7 Å². The summed E-state index contributed by atoms with van der Waals surface area (Å²) in [4.78, 5) is 65.7. The maximum absolute atomic E-state index is 13.8. The molecule has 10 heteroatoms. The molecule has 0 aliphatic carbocycles. The van der Waals surface area contributed by atoms with Crippen molar-refractivity contribution >= 4 is 29.8 Å². The van der Waals surface area contributed by atoms with Gasteiger partial charge in [0.15, 0.2) is 0 Å². The van der Waals surface area contributed by atoms with E-state index in [1.807, 2.05) is 0 Å². The van der Waals surface area contributed by atoms with Crippen LogP contribution < -0.4 is 0 Å². The van der Waals surface area contributed by atoms with Crippen molar-refractivity contribution in [2.45, 2.75) is 187 Å². The summed E-state index contributed by atoms with van der Waals surface area (Å²) in [7, 11) is 0. The minimum absolute atomic E-state index is 0.0703. The van der Waals surface area contributed by atoms with Gasteiger partial charge in [0.25, 0.3) is 0 Å². The Bertz CT molecular complexity index is 802. The summed E-state index contributed by atoms with van der Waals surface area (Å²) in [5.74, 6) is -3.24. The molecule has 0 aromatic rings. The van der Waals surface area contributed by atoms with Gasteiger partial charge in [0, 0.05) is 25.7 Å². The third-order valence-corrected chi connectivity index (χ3v) is 8.62. The molecule has 0 aliphatic rings. The van der Waals surface area contributed by atoms with Gasteiger partial charge in [-0.05, 0) is 25.7 Å². The van der Waals surface area contributed by atoms with Crippen molar-refractivity contribution in [2.75, 3.05) is 26.4 Å². The minimum Gasteiger partial charge on any atom is -0.480 e. The van der Waals surface area contributed by atoms with Crippen molar-refractivity contribution in [3.63, 3.8) is 0 Å². The molecular weight excluding hydrogens is 614 g/mol. The van der Waals surface area contributed by atoms with E-state index in [1.54, 1.807) is 0 Å². The van der Waals surface area contributed by atoms with Crippen molar-refractivity contribution in [3.05, 3.63) is 0 Å². The number of carboxylic acid groups (broad SMARTS) is 1. The smallest absolute Gasteiger partial charge is 0.323 e. The van der Waals surface area contributed by atoms with Gasteiger partial charge in [-0.25, -0.2) is 0 Å². The normalized spacial score (nSPS) is 11.2. The predicted molar refractivity (Wildman–Crippen MR) is 188 cm³/mol. The summed E-state index contributed by atoms with van der Waals surface area (Å²) in [6.07, 6.45) is 19.0. The van der Waals surface area contributed by atoms with Crippen LogP contribution in [0.25, 0.3) is 0 Å². The lowest BCUT2D eigenvalue weighted by atomic mass is 9.98. The van der Waals surface area contributed by atoms with Gasteiger partial charge in [0.1, 0.15) is 31.9 Å². The second-order valence-electron chi connectivity index (χ2n) is 13.2. The highest BCUT2D eigenvalue weighted by atomic mass is 16.6. The fourth-order valence-electron chi connectivity index (χ4n) is 5.51. The van der Waals surface area contributed by atoms with Crippen LogP contribution in [0.15, 0.2) is 0 Å². The first kappa shape index (κ1) is 45.3. The Morgan fingerprint density at radius 1 is 0.458 bits per heavy atom. The van der Waals surface area contributed by atoms with Crippen LogP contribution in [0.2, 0.25) is 0 Å². The number of hydrogen-bond acceptors (Lipinski definition) is 8. The van der Waals surface area contributed by atoms with Gasteiger partial charge in [-0.3, -0.25) is 24.0 Å². The van der Waals surface area contributed by atoms with E-state index in [9.17, 15) is 29.1 Å². The molecule has 0 aromatic heterocycles. The lowest BCUT2D eigenvalue weighted by molar-refractivity contribution is -0.174. The first-order chi connectivity index (χ1) is 23.1. The van der Waals surface area contributed by atoms with Crippen LogP contribution in [-0.4, -0.2) is 71.7 Å². The maximum Gasteiger partial charge on any atom is 0.323 e. The first-order valence-corrected chi connectivity index (χ1v) is 19.1. The van der Waals surface area contributed by atoms with Crippen LogP contribution >= 0.6 is 0 Å². The van der Waals surface area contributed by atoms with Gasteiger partial charge < -0.3 is 24.2 Å². The van der Waals surface area contributed by atoms with Crippen LogP contribution in [0.1, 0.15) is 182 Å². The Labute approximate surface area is 291 Å². The fourth-order valence-corrected chi connectivity index (χ4v) is 5.51. The zero-order valence-electron chi connectivity index (χ0n) is 31.0. The quantitative estimate of drug-likeness (QED) is 0.0409. The zero-order valence-corrected chi connectivity index (χ0v) is 31.0. The van der Waals surface area contributed by atoms with Crippen molar-refractivity contribution in [2.24, 2.45) is 0 Å². The summed E-state index contributed by atoms with van der Waals surface area (Å²) in [6.45, 7) is 6.35. The first-order valence-electron chi connectivity index (χ1n) is 19.1. The third-order valence-electron chi connectivity index (χ3n) is 8.62. The Balaban J connectivity index is 6.16. The highest BCUT2D eigenvalue weighted by Gasteiger charge is 2.45. The Hall–Kier alpha value is -2.65. The van der Waals surface area contributed by atoms with Gasteiger partial charge in [-0.1, -0.05) is 130 Å². The number of esters is 3. The standard InChI is InChI=1S/C38H69NO9/c1-5-9-13-17-21-25-33(40)39(29-34(41)42)38(30-46-35(43)26-22-18-14-10-6-2,31-47-36(44)27-23-19-15-11-7-3)32-48-37(45)28-24-20-16-12-8-4/h5-32H2,1-4H3,(H,41,42). The third kappa shape index (κ3) is 23.6. The van der Waals surface area contributed by atoms with Crippen molar-refractivity contribution in [1.29, 1.82) is 0 Å². The van der Waals surface area contributed by atoms with Crippen LogP contribution in [0.3, 0.4) is 0 Å². The van der Waals surface area contributed by atoms with E-state index in [2.05, 4.69) is 27.7 Å². The molecule has 0 saturated carbocycles. The van der Waals surface area contributed by atoms with Crippen molar-refractivity contribution in [1.82, 2.24) is 4.90 Å². The second kappa shape index (κ2) is 30.4. The number of carbonyl (C=O) groups excluding carboxylic acids is 4. The molecule has 0 saturated heterocycles. The van der Waals surface area contributed by atoms with Gasteiger partial charge in [-0.15, -0.1) is 0 Å². The molecule has 10 nitrogen and oxygen atoms in total. The number of unbranched alkanes of at least 4 members (excludes halogenated alkanes) is 16. The van der Waals surface area contributed by atoms with E-state index in [4.69, 9.17) is 14.2 Å². The molecule has 280 valence electrons. The lowest BCUT2D eigenvalue weighted by Crippen LogP contribution is -2.62. The fraction of sp³-hybridized carbons (Fsp3) is 0.868. The van der Waals surface area contributed by atoms with Crippen LogP contribution in [0.5, 0.6) is 0 Å². The van der Waals surface area contributed by atoms with Gasteiger partial charge in [0.05, 0.1) is 0 Å². The molecule has 0 heterocycles.